The third kappa shape index (κ3) is 3.06. The summed E-state index contributed by atoms with van der Waals surface area (Å²) in [5.41, 5.74) is 0.739. The maximum absolute atomic E-state index is 12.6. The number of hydrogen-bond donors (Lipinski definition) is 3. The Bertz CT molecular complexity index is 992. The minimum absolute atomic E-state index is 0.116. The molecule has 0 fully saturated rings. The average Bonchev–Trinajstić information content (AvgIpc) is 2.62. The number of aromatic carboxylic acids is 1. The van der Waals surface area contributed by atoms with E-state index in [-0.39, 0.29) is 17.9 Å². The van der Waals surface area contributed by atoms with Crippen molar-refractivity contribution < 1.29 is 29.6 Å². The van der Waals surface area contributed by atoms with E-state index >= 15 is 0 Å². The summed E-state index contributed by atoms with van der Waals surface area (Å²) in [5, 5.41) is 29.5. The number of pyridine rings is 1. The standard InChI is InChI=1S/C19H21NO7/c1-3-5-9-16-10(13(21)7-12(18(23)24)20(16)4-2)6-11-14(22)8-15(19(25)26)27-17(9)11/h6-7,14-15,22H,3-5,8H2,1-2H3,(H,23,24)(H,25,26). The van der Waals surface area contributed by atoms with Crippen molar-refractivity contribution in [3.05, 3.63) is 39.2 Å². The highest BCUT2D eigenvalue weighted by Gasteiger charge is 2.35. The molecule has 144 valence electrons. The van der Waals surface area contributed by atoms with E-state index in [1.165, 1.54) is 10.6 Å². The van der Waals surface area contributed by atoms with Gasteiger partial charge in [-0.2, -0.15) is 0 Å². The van der Waals surface area contributed by atoms with Crippen LogP contribution in [-0.2, 0) is 17.8 Å². The first-order valence-corrected chi connectivity index (χ1v) is 8.84. The Morgan fingerprint density at radius 2 is 1.96 bits per heavy atom. The highest BCUT2D eigenvalue weighted by Crippen LogP contribution is 2.41. The molecule has 8 nitrogen and oxygen atoms in total. The molecule has 0 saturated heterocycles. The number of carboxylic acids is 2. The number of aliphatic hydroxyl groups is 1. The number of aliphatic hydroxyl groups excluding tert-OH is 1. The summed E-state index contributed by atoms with van der Waals surface area (Å²) >= 11 is 0. The number of fused-ring (bicyclic) bond motifs is 2. The van der Waals surface area contributed by atoms with Crippen LogP contribution in [0.1, 0.15) is 54.4 Å². The lowest BCUT2D eigenvalue weighted by atomic mass is 9.91. The van der Waals surface area contributed by atoms with Gasteiger partial charge in [0, 0.05) is 35.5 Å². The summed E-state index contributed by atoms with van der Waals surface area (Å²) in [5.74, 6) is -2.17. The Kier molecular flexibility index (Phi) is 4.93. The third-order valence-electron chi connectivity index (χ3n) is 4.84. The van der Waals surface area contributed by atoms with Gasteiger partial charge in [0.05, 0.1) is 11.6 Å². The quantitative estimate of drug-likeness (QED) is 0.729. The molecule has 1 aliphatic rings. The van der Waals surface area contributed by atoms with Crippen molar-refractivity contribution in [3.8, 4) is 5.75 Å². The van der Waals surface area contributed by atoms with Gasteiger partial charge in [0.25, 0.3) is 0 Å². The van der Waals surface area contributed by atoms with E-state index in [0.29, 0.717) is 41.4 Å². The predicted molar refractivity (Wildman–Crippen MR) is 96.5 cm³/mol. The molecule has 0 amide bonds. The molecule has 2 heterocycles. The zero-order valence-electron chi connectivity index (χ0n) is 15.1. The normalized spacial score (nSPS) is 18.8. The second-order valence-corrected chi connectivity index (χ2v) is 6.56. The smallest absolute Gasteiger partial charge is 0.352 e. The summed E-state index contributed by atoms with van der Waals surface area (Å²) in [6.45, 7) is 3.98. The molecule has 0 aliphatic carbocycles. The fourth-order valence-corrected chi connectivity index (χ4v) is 3.68. The highest BCUT2D eigenvalue weighted by atomic mass is 16.5. The van der Waals surface area contributed by atoms with Gasteiger partial charge in [-0.3, -0.25) is 4.79 Å². The van der Waals surface area contributed by atoms with Crippen molar-refractivity contribution in [2.45, 2.75) is 51.9 Å². The highest BCUT2D eigenvalue weighted by molar-refractivity contribution is 5.93. The van der Waals surface area contributed by atoms with Gasteiger partial charge in [-0.25, -0.2) is 9.59 Å². The van der Waals surface area contributed by atoms with Crippen molar-refractivity contribution in [3.63, 3.8) is 0 Å². The van der Waals surface area contributed by atoms with Crippen LogP contribution in [0.4, 0.5) is 0 Å². The van der Waals surface area contributed by atoms with Gasteiger partial charge < -0.3 is 24.6 Å². The zero-order chi connectivity index (χ0) is 19.9. The van der Waals surface area contributed by atoms with Crippen molar-refractivity contribution >= 4 is 22.8 Å². The molecule has 2 atom stereocenters. The summed E-state index contributed by atoms with van der Waals surface area (Å²) in [7, 11) is 0. The SMILES string of the molecule is CCCc1c2c(cc3c(=O)cc(C(=O)O)n(CC)c13)C(O)CC(C(=O)O)O2. The van der Waals surface area contributed by atoms with E-state index in [9.17, 15) is 29.7 Å². The summed E-state index contributed by atoms with van der Waals surface area (Å²) in [6.07, 6.45) is -1.29. The zero-order valence-corrected chi connectivity index (χ0v) is 15.1. The molecule has 27 heavy (non-hydrogen) atoms. The van der Waals surface area contributed by atoms with Crippen LogP contribution < -0.4 is 10.2 Å². The molecule has 8 heteroatoms. The van der Waals surface area contributed by atoms with Gasteiger partial charge in [0.2, 0.25) is 0 Å². The molecular weight excluding hydrogens is 354 g/mol. The molecule has 2 aromatic rings. The number of ether oxygens (including phenoxy) is 1. The third-order valence-corrected chi connectivity index (χ3v) is 4.84. The molecule has 2 unspecified atom stereocenters. The van der Waals surface area contributed by atoms with Crippen LogP contribution in [0, 0.1) is 0 Å². The Morgan fingerprint density at radius 1 is 1.26 bits per heavy atom. The number of hydrogen-bond acceptors (Lipinski definition) is 5. The second kappa shape index (κ2) is 7.03. The van der Waals surface area contributed by atoms with Crippen molar-refractivity contribution in [2.24, 2.45) is 0 Å². The lowest BCUT2D eigenvalue weighted by molar-refractivity contribution is -0.147. The van der Waals surface area contributed by atoms with Gasteiger partial charge in [0.1, 0.15) is 11.4 Å². The van der Waals surface area contributed by atoms with E-state index in [1.807, 2.05) is 6.92 Å². The van der Waals surface area contributed by atoms with Crippen LogP contribution in [-0.4, -0.2) is 37.9 Å². The number of carboxylic acid groups (broad SMARTS) is 2. The summed E-state index contributed by atoms with van der Waals surface area (Å²) in [6, 6.07) is 2.57. The lowest BCUT2D eigenvalue weighted by Crippen LogP contribution is -2.34. The second-order valence-electron chi connectivity index (χ2n) is 6.56. The van der Waals surface area contributed by atoms with Gasteiger partial charge in [-0.05, 0) is 19.4 Å². The molecule has 0 spiro atoms. The number of aryl methyl sites for hydroxylation is 2. The van der Waals surface area contributed by atoms with E-state index < -0.39 is 29.6 Å². The molecule has 1 aromatic carbocycles. The maximum atomic E-state index is 12.6. The van der Waals surface area contributed by atoms with Gasteiger partial charge >= 0.3 is 11.9 Å². The van der Waals surface area contributed by atoms with Gasteiger partial charge in [-0.1, -0.05) is 13.3 Å². The first kappa shape index (κ1) is 18.9. The van der Waals surface area contributed by atoms with Crippen molar-refractivity contribution in [1.29, 1.82) is 0 Å². The predicted octanol–water partition coefficient (Wildman–Crippen LogP) is 1.94. The lowest BCUT2D eigenvalue weighted by Gasteiger charge is -2.30. The van der Waals surface area contributed by atoms with Gasteiger partial charge in [-0.15, -0.1) is 0 Å². The van der Waals surface area contributed by atoms with Crippen molar-refractivity contribution in [1.82, 2.24) is 4.57 Å². The molecule has 1 aliphatic heterocycles. The number of carbonyl (C=O) groups is 2. The van der Waals surface area contributed by atoms with Crippen LogP contribution in [0.3, 0.4) is 0 Å². The number of aromatic nitrogens is 1. The van der Waals surface area contributed by atoms with Crippen LogP contribution in [0.15, 0.2) is 16.9 Å². The fourth-order valence-electron chi connectivity index (χ4n) is 3.68. The topological polar surface area (TPSA) is 126 Å². The van der Waals surface area contributed by atoms with Gasteiger partial charge in [0.15, 0.2) is 11.5 Å². The summed E-state index contributed by atoms with van der Waals surface area (Å²) in [4.78, 5) is 35.6. The molecule has 3 N–H and O–H groups in total. The van der Waals surface area contributed by atoms with Crippen LogP contribution in [0.2, 0.25) is 0 Å². The minimum atomic E-state index is -1.22. The summed E-state index contributed by atoms with van der Waals surface area (Å²) < 4.78 is 7.19. The Balaban J connectivity index is 2.45. The monoisotopic (exact) mass is 375 g/mol. The Morgan fingerprint density at radius 3 is 2.52 bits per heavy atom. The molecular formula is C19H21NO7. The molecule has 1 aromatic heterocycles. The van der Waals surface area contributed by atoms with E-state index in [0.717, 1.165) is 6.07 Å². The first-order valence-electron chi connectivity index (χ1n) is 8.84. The van der Waals surface area contributed by atoms with Crippen molar-refractivity contribution in [2.75, 3.05) is 0 Å². The van der Waals surface area contributed by atoms with E-state index in [2.05, 4.69) is 0 Å². The Hall–Kier alpha value is -2.87. The number of benzene rings is 1. The minimum Gasteiger partial charge on any atom is -0.479 e. The average molecular weight is 375 g/mol. The number of rotatable bonds is 5. The maximum Gasteiger partial charge on any atom is 0.352 e. The largest absolute Gasteiger partial charge is 0.479 e. The molecule has 3 rings (SSSR count). The first-order chi connectivity index (χ1) is 12.8. The molecule has 0 saturated carbocycles. The fraction of sp³-hybridized carbons (Fsp3) is 0.421. The number of aliphatic carboxylic acids is 1. The van der Waals surface area contributed by atoms with Crippen LogP contribution >= 0.6 is 0 Å². The van der Waals surface area contributed by atoms with E-state index in [1.54, 1.807) is 6.92 Å². The number of nitrogens with zero attached hydrogens (tertiary/aromatic N) is 1. The van der Waals surface area contributed by atoms with E-state index in [4.69, 9.17) is 4.74 Å². The van der Waals surface area contributed by atoms with Crippen LogP contribution in [0.5, 0.6) is 5.75 Å². The Labute approximate surface area is 154 Å². The molecule has 0 bridgehead atoms. The molecule has 0 radical (unpaired) electrons. The van der Waals surface area contributed by atoms with Crippen LogP contribution in [0.25, 0.3) is 10.9 Å².